The summed E-state index contributed by atoms with van der Waals surface area (Å²) >= 11 is 3.94. The van der Waals surface area contributed by atoms with Gasteiger partial charge in [0.05, 0.1) is 18.9 Å². The van der Waals surface area contributed by atoms with Crippen LogP contribution in [-0.4, -0.2) is 35.1 Å². The lowest BCUT2D eigenvalue weighted by Crippen LogP contribution is -2.08. The van der Waals surface area contributed by atoms with Crippen molar-refractivity contribution in [3.63, 3.8) is 0 Å². The van der Waals surface area contributed by atoms with Gasteiger partial charge >= 0.3 is 5.97 Å². The summed E-state index contributed by atoms with van der Waals surface area (Å²) in [5.74, 6) is 1.26. The average molecular weight is 524 g/mol. The first-order valence-electron chi connectivity index (χ1n) is 12.3. The number of aromatic hydroxyl groups is 1. The fourth-order valence-corrected chi connectivity index (χ4v) is 4.02. The number of aromatic carboxylic acids is 1. The highest BCUT2D eigenvalue weighted by Crippen LogP contribution is 2.35. The van der Waals surface area contributed by atoms with E-state index in [2.05, 4.69) is 24.1 Å². The van der Waals surface area contributed by atoms with Crippen molar-refractivity contribution in [1.82, 2.24) is 0 Å². The van der Waals surface area contributed by atoms with Crippen LogP contribution in [0.4, 0.5) is 0 Å². The van der Waals surface area contributed by atoms with Gasteiger partial charge in [0.2, 0.25) is 0 Å². The van der Waals surface area contributed by atoms with E-state index in [1.54, 1.807) is 31.2 Å². The van der Waals surface area contributed by atoms with Crippen LogP contribution in [-0.2, 0) is 12.8 Å². The fraction of sp³-hybridized carbons (Fsp3) is 0.310. The average Bonchev–Trinajstić information content (AvgIpc) is 2.90. The Kier molecular flexibility index (Phi) is 10.3. The molecule has 196 valence electrons. The molecule has 0 spiro atoms. The van der Waals surface area contributed by atoms with E-state index in [9.17, 15) is 15.0 Å². The number of ether oxygens (including phenoxy) is 3. The molecule has 0 amide bonds. The molecule has 37 heavy (non-hydrogen) atoms. The van der Waals surface area contributed by atoms with Crippen molar-refractivity contribution in [2.75, 3.05) is 13.2 Å². The molecule has 2 N–H and O–H groups in total. The SMILES string of the molecule is CCCc1c(OCCCOc2cc(O)c(/C(C)=N/S)cc2CC)cccc1Oc1ccccc1C(=O)O. The monoisotopic (exact) mass is 523 g/mol. The van der Waals surface area contributed by atoms with Gasteiger partial charge in [-0.25, -0.2) is 9.19 Å². The lowest BCUT2D eigenvalue weighted by atomic mass is 10.0. The summed E-state index contributed by atoms with van der Waals surface area (Å²) in [7, 11) is 0. The Morgan fingerprint density at radius 1 is 0.919 bits per heavy atom. The molecule has 0 aliphatic carbocycles. The summed E-state index contributed by atoms with van der Waals surface area (Å²) in [5, 5.41) is 19.8. The highest BCUT2D eigenvalue weighted by Gasteiger charge is 2.16. The third kappa shape index (κ3) is 7.20. The predicted octanol–water partition coefficient (Wildman–Crippen LogP) is 6.90. The Bertz CT molecular complexity index is 1260. The minimum absolute atomic E-state index is 0.101. The summed E-state index contributed by atoms with van der Waals surface area (Å²) in [6, 6.07) is 15.6. The van der Waals surface area contributed by atoms with E-state index in [4.69, 9.17) is 14.2 Å². The summed E-state index contributed by atoms with van der Waals surface area (Å²) < 4.78 is 21.9. The number of rotatable bonds is 13. The lowest BCUT2D eigenvalue weighted by Gasteiger charge is -2.17. The maximum absolute atomic E-state index is 11.6. The van der Waals surface area contributed by atoms with Gasteiger partial charge in [-0.1, -0.05) is 38.5 Å². The van der Waals surface area contributed by atoms with Crippen LogP contribution in [0.25, 0.3) is 0 Å². The largest absolute Gasteiger partial charge is 0.507 e. The molecule has 0 atom stereocenters. The molecule has 0 aromatic heterocycles. The highest BCUT2D eigenvalue weighted by molar-refractivity contribution is 7.79. The first-order valence-corrected chi connectivity index (χ1v) is 12.7. The van der Waals surface area contributed by atoms with Crippen LogP contribution in [0.5, 0.6) is 28.7 Å². The molecule has 3 aromatic rings. The first-order chi connectivity index (χ1) is 17.9. The van der Waals surface area contributed by atoms with Gasteiger partial charge in [-0.3, -0.25) is 0 Å². The maximum atomic E-state index is 11.6. The highest BCUT2D eigenvalue weighted by atomic mass is 32.1. The number of aryl methyl sites for hydroxylation is 1. The quantitative estimate of drug-likeness (QED) is 0.128. The standard InChI is InChI=1S/C29H33NO6S/c1-4-10-21-25(13-8-14-26(21)36-27-12-7-6-11-22(27)29(32)33)34-15-9-16-35-28-18-24(31)23(19(3)30-37)17-20(28)5-2/h6-8,11-14,17-18,31,37H,4-5,9-10,15-16H2,1-3H3,(H,32,33)/b30-19+. The van der Waals surface area contributed by atoms with Gasteiger partial charge in [-0.2, -0.15) is 0 Å². The van der Waals surface area contributed by atoms with Crippen LogP contribution in [0.2, 0.25) is 0 Å². The smallest absolute Gasteiger partial charge is 0.339 e. The third-order valence-electron chi connectivity index (χ3n) is 5.83. The minimum atomic E-state index is -1.04. The number of carbonyl (C=O) groups is 1. The summed E-state index contributed by atoms with van der Waals surface area (Å²) in [5.41, 5.74) is 3.24. The molecule has 3 rings (SSSR count). The van der Waals surface area contributed by atoms with E-state index in [-0.39, 0.29) is 17.1 Å². The number of carboxylic acid groups (broad SMARTS) is 1. The normalized spacial score (nSPS) is 11.3. The molecule has 0 saturated heterocycles. The molecule has 0 bridgehead atoms. The zero-order chi connectivity index (χ0) is 26.8. The number of carboxylic acids is 1. The number of phenols is 1. The molecular weight excluding hydrogens is 490 g/mol. The molecular formula is C29H33NO6S. The van der Waals surface area contributed by atoms with Crippen molar-refractivity contribution in [2.45, 2.75) is 46.5 Å². The van der Waals surface area contributed by atoms with E-state index in [0.717, 1.165) is 30.4 Å². The van der Waals surface area contributed by atoms with Crippen LogP contribution in [0.3, 0.4) is 0 Å². The number of phenolic OH excluding ortho intramolecular Hbond substituents is 1. The van der Waals surface area contributed by atoms with E-state index in [0.29, 0.717) is 48.2 Å². The number of benzene rings is 3. The van der Waals surface area contributed by atoms with Gasteiger partial charge in [0, 0.05) is 23.6 Å². The van der Waals surface area contributed by atoms with E-state index < -0.39 is 5.97 Å². The molecule has 8 heteroatoms. The van der Waals surface area contributed by atoms with Crippen LogP contribution >= 0.6 is 12.8 Å². The molecule has 0 heterocycles. The molecule has 3 aromatic carbocycles. The van der Waals surface area contributed by atoms with Crippen LogP contribution in [0.1, 0.15) is 60.7 Å². The van der Waals surface area contributed by atoms with Crippen molar-refractivity contribution in [3.05, 3.63) is 76.9 Å². The Labute approximate surface area is 223 Å². The van der Waals surface area contributed by atoms with Gasteiger partial charge in [0.1, 0.15) is 34.3 Å². The number of para-hydroxylation sites is 1. The fourth-order valence-electron chi connectivity index (χ4n) is 3.91. The lowest BCUT2D eigenvalue weighted by molar-refractivity contribution is 0.0694. The zero-order valence-electron chi connectivity index (χ0n) is 21.4. The van der Waals surface area contributed by atoms with E-state index in [1.165, 1.54) is 6.07 Å². The number of hydrogen-bond acceptors (Lipinski definition) is 7. The van der Waals surface area contributed by atoms with E-state index >= 15 is 0 Å². The summed E-state index contributed by atoms with van der Waals surface area (Å²) in [6.07, 6.45) is 2.97. The van der Waals surface area contributed by atoms with Crippen molar-refractivity contribution in [1.29, 1.82) is 0 Å². The number of nitrogens with zero attached hydrogens (tertiary/aromatic N) is 1. The second kappa shape index (κ2) is 13.6. The van der Waals surface area contributed by atoms with Crippen LogP contribution < -0.4 is 14.2 Å². The predicted molar refractivity (Wildman–Crippen MR) is 148 cm³/mol. The van der Waals surface area contributed by atoms with Gasteiger partial charge in [-0.15, -0.1) is 0 Å². The number of hydrogen-bond donors (Lipinski definition) is 3. The van der Waals surface area contributed by atoms with Crippen molar-refractivity contribution in [3.8, 4) is 28.7 Å². The van der Waals surface area contributed by atoms with Crippen molar-refractivity contribution >= 4 is 24.5 Å². The van der Waals surface area contributed by atoms with Crippen molar-refractivity contribution in [2.24, 2.45) is 4.40 Å². The van der Waals surface area contributed by atoms with Crippen LogP contribution in [0.15, 0.2) is 59.0 Å². The Morgan fingerprint density at radius 3 is 2.27 bits per heavy atom. The molecule has 7 nitrogen and oxygen atoms in total. The molecule has 0 fully saturated rings. The topological polar surface area (TPSA) is 97.6 Å². The summed E-state index contributed by atoms with van der Waals surface area (Å²) in [4.78, 5) is 11.6. The first kappa shape index (κ1) is 27.9. The van der Waals surface area contributed by atoms with E-state index in [1.807, 2.05) is 31.2 Å². The van der Waals surface area contributed by atoms with Gasteiger partial charge in [-0.05, 0) is 68.5 Å². The molecule has 0 aliphatic rings. The van der Waals surface area contributed by atoms with Gasteiger partial charge < -0.3 is 24.4 Å². The van der Waals surface area contributed by atoms with Gasteiger partial charge in [0.15, 0.2) is 0 Å². The molecule has 0 radical (unpaired) electrons. The van der Waals surface area contributed by atoms with Crippen LogP contribution in [0, 0.1) is 0 Å². The number of thiol groups is 1. The molecule has 0 unspecified atom stereocenters. The molecule has 0 saturated carbocycles. The van der Waals surface area contributed by atoms with Gasteiger partial charge in [0.25, 0.3) is 0 Å². The Hall–Kier alpha value is -3.65. The molecule has 0 aliphatic heterocycles. The second-order valence-corrected chi connectivity index (χ2v) is 8.65. The summed E-state index contributed by atoms with van der Waals surface area (Å²) in [6.45, 7) is 6.71. The van der Waals surface area contributed by atoms with Crippen molar-refractivity contribution < 1.29 is 29.2 Å². The second-order valence-electron chi connectivity index (χ2n) is 8.45. The third-order valence-corrected chi connectivity index (χ3v) is 6.13. The maximum Gasteiger partial charge on any atom is 0.339 e. The minimum Gasteiger partial charge on any atom is -0.507 e. The Morgan fingerprint density at radius 2 is 1.59 bits per heavy atom. The zero-order valence-corrected chi connectivity index (χ0v) is 22.3. The Balaban J connectivity index is 1.66.